The second-order valence-electron chi connectivity index (χ2n) is 15.0. The van der Waals surface area contributed by atoms with E-state index in [9.17, 15) is 0 Å². The predicted molar refractivity (Wildman–Crippen MR) is 242 cm³/mol. The quantitative estimate of drug-likeness (QED) is 0.185. The first kappa shape index (κ1) is 41.5. The molecule has 0 radical (unpaired) electrons. The zero-order valence-corrected chi connectivity index (χ0v) is 35.0. The third kappa shape index (κ3) is 11.1. The molecule has 6 aromatic rings. The number of nitrogens with one attached hydrogen (secondary N) is 1. The highest BCUT2D eigenvalue weighted by Gasteiger charge is 2.22. The first-order chi connectivity index (χ1) is 29.1. The molecule has 0 saturated carbocycles. The summed E-state index contributed by atoms with van der Waals surface area (Å²) < 4.78 is 14.7. The number of nitrogen functional groups attached to an aromatic ring is 1. The van der Waals surface area contributed by atoms with Gasteiger partial charge in [0.05, 0.1) is 44.0 Å². The Bertz CT molecular complexity index is 2190. The minimum absolute atomic E-state index is 0. The largest absolute Gasteiger partial charge is 0.384 e. The molecule has 10 rings (SSSR count). The van der Waals surface area contributed by atoms with Crippen LogP contribution in [0.2, 0.25) is 0 Å². The minimum Gasteiger partial charge on any atom is -0.384 e. The number of fused-ring (bicyclic) bond motifs is 2. The molecule has 4 aliphatic rings. The number of hydrogen-bond donors (Lipinski definition) is 2. The normalized spacial score (nSPS) is 18.3. The highest BCUT2D eigenvalue weighted by atomic mass is 16.5. The van der Waals surface area contributed by atoms with E-state index >= 15 is 0 Å². The summed E-state index contributed by atoms with van der Waals surface area (Å²) in [5.41, 5.74) is 13.4. The van der Waals surface area contributed by atoms with Crippen molar-refractivity contribution < 1.29 is 12.3 Å². The van der Waals surface area contributed by atoms with E-state index < -0.39 is 0 Å². The molecule has 4 saturated heterocycles. The summed E-state index contributed by atoms with van der Waals surface area (Å²) in [7, 11) is 0. The average Bonchev–Trinajstić information content (AvgIpc) is 3.91. The number of aromatic nitrogens is 7. The van der Waals surface area contributed by atoms with Gasteiger partial charge >= 0.3 is 0 Å². The van der Waals surface area contributed by atoms with Crippen molar-refractivity contribution in [1.29, 1.82) is 0 Å². The number of anilines is 6. The van der Waals surface area contributed by atoms with Gasteiger partial charge in [-0.1, -0.05) is 13.8 Å². The van der Waals surface area contributed by atoms with Crippen LogP contribution in [0.4, 0.5) is 34.4 Å². The SMILES string of the molecule is CC.Cc1cn2cc(N3CCC[C@@H](Nc4cc(N5CCOCC5)ccn4)C3)ccc2n1.Nc1cc(N2CCOCC2)ccn1.[HH].[HH].c1cnc2c(N3CCCCC3)cnn2c1. The van der Waals surface area contributed by atoms with Crippen molar-refractivity contribution in [1.82, 2.24) is 34.0 Å². The third-order valence-corrected chi connectivity index (χ3v) is 10.9. The van der Waals surface area contributed by atoms with Crippen LogP contribution in [0, 0.1) is 6.92 Å². The summed E-state index contributed by atoms with van der Waals surface area (Å²) in [4.78, 5) is 26.9. The number of pyridine rings is 3. The minimum atomic E-state index is 0. The molecule has 59 heavy (non-hydrogen) atoms. The zero-order valence-electron chi connectivity index (χ0n) is 35.0. The van der Waals surface area contributed by atoms with Crippen LogP contribution >= 0.6 is 0 Å². The molecular formula is C44H65N13O2. The highest BCUT2D eigenvalue weighted by molar-refractivity contribution is 5.68. The summed E-state index contributed by atoms with van der Waals surface area (Å²) in [6.45, 7) is 17.3. The lowest BCUT2D eigenvalue weighted by molar-refractivity contribution is 0.122. The van der Waals surface area contributed by atoms with Crippen molar-refractivity contribution in [3.05, 3.63) is 91.5 Å². The summed E-state index contributed by atoms with van der Waals surface area (Å²) >= 11 is 0. The first-order valence-electron chi connectivity index (χ1n) is 21.4. The maximum atomic E-state index is 5.60. The molecule has 0 aliphatic carbocycles. The fourth-order valence-electron chi connectivity index (χ4n) is 7.98. The van der Waals surface area contributed by atoms with E-state index in [0.717, 1.165) is 114 Å². The molecule has 15 nitrogen and oxygen atoms in total. The second kappa shape index (κ2) is 20.8. The summed E-state index contributed by atoms with van der Waals surface area (Å²) in [5, 5.41) is 7.98. The van der Waals surface area contributed by atoms with Gasteiger partial charge in [-0.2, -0.15) is 5.10 Å². The van der Waals surface area contributed by atoms with Crippen molar-refractivity contribution in [2.24, 2.45) is 0 Å². The lowest BCUT2D eigenvalue weighted by Gasteiger charge is -2.35. The van der Waals surface area contributed by atoms with Crippen molar-refractivity contribution in [3.8, 4) is 0 Å². The van der Waals surface area contributed by atoms with E-state index in [2.05, 4.69) is 91.0 Å². The Labute approximate surface area is 351 Å². The van der Waals surface area contributed by atoms with E-state index in [1.165, 1.54) is 42.7 Å². The van der Waals surface area contributed by atoms with Crippen LogP contribution < -0.4 is 30.7 Å². The molecule has 0 bridgehead atoms. The van der Waals surface area contributed by atoms with Crippen LogP contribution in [0.1, 0.15) is 54.5 Å². The fourth-order valence-corrected chi connectivity index (χ4v) is 7.98. The van der Waals surface area contributed by atoms with Crippen LogP contribution in [0.15, 0.2) is 85.8 Å². The Morgan fingerprint density at radius 3 is 2.14 bits per heavy atom. The van der Waals surface area contributed by atoms with Gasteiger partial charge in [0.2, 0.25) is 0 Å². The maximum Gasteiger partial charge on any atom is 0.178 e. The fraction of sp³-hybridized carbons (Fsp3) is 0.477. The molecule has 3 N–H and O–H groups in total. The summed E-state index contributed by atoms with van der Waals surface area (Å²) in [5.74, 6) is 1.53. The molecule has 0 unspecified atom stereocenters. The van der Waals surface area contributed by atoms with Gasteiger partial charge in [0.1, 0.15) is 23.0 Å². The number of aryl methyl sites for hydroxylation is 1. The first-order valence-corrected chi connectivity index (χ1v) is 21.4. The van der Waals surface area contributed by atoms with Gasteiger partial charge in [0, 0.05) is 122 Å². The van der Waals surface area contributed by atoms with E-state index in [0.29, 0.717) is 11.9 Å². The number of imidazole rings is 1. The smallest absolute Gasteiger partial charge is 0.178 e. The van der Waals surface area contributed by atoms with Gasteiger partial charge in [-0.05, 0) is 69.4 Å². The molecule has 318 valence electrons. The van der Waals surface area contributed by atoms with Crippen molar-refractivity contribution in [3.63, 3.8) is 0 Å². The zero-order chi connectivity index (χ0) is 40.8. The number of rotatable bonds is 6. The average molecular weight is 808 g/mol. The van der Waals surface area contributed by atoms with Gasteiger partial charge in [0.15, 0.2) is 5.65 Å². The Hall–Kier alpha value is -5.67. The van der Waals surface area contributed by atoms with E-state index in [4.69, 9.17) is 15.2 Å². The number of hydrogen-bond acceptors (Lipinski definition) is 13. The third-order valence-electron chi connectivity index (χ3n) is 10.9. The standard InChI is InChI=1S/C22H28N6O.C11H14N4.C9H13N3O.C2H6.2H2/c1-17-14-28-16-20(4-5-22(28)24-17)27-8-2-3-18(15-27)25-21-13-19(6-7-23-21)26-9-11-29-12-10-26;1-2-6-14(7-3-1)10-9-13-15-8-4-5-12-11(10)15;10-9-7-8(1-2-11-9)12-3-5-13-6-4-12;1-2;;/h4-7,13-14,16,18H,2-3,8-12,15H2,1H3,(H,23,25);4-5,8-9H,1-3,6-7H2;1-2,7H,3-6H2,(H2,10,11);1-2H3;2*1H/t18-;;;;;/m1...../s1. The lowest BCUT2D eigenvalue weighted by Crippen LogP contribution is -2.42. The summed E-state index contributed by atoms with van der Waals surface area (Å²) in [6.07, 6.45) is 19.8. The molecule has 1 atom stereocenters. The van der Waals surface area contributed by atoms with Crippen LogP contribution in [-0.2, 0) is 9.47 Å². The molecule has 6 aromatic heterocycles. The summed E-state index contributed by atoms with van der Waals surface area (Å²) in [6, 6.07) is 14.7. The molecular weight excluding hydrogens is 743 g/mol. The second-order valence-corrected chi connectivity index (χ2v) is 15.0. The number of ether oxygens (including phenoxy) is 2. The molecule has 15 heteroatoms. The topological polar surface area (TPSA) is 143 Å². The van der Waals surface area contributed by atoms with Crippen molar-refractivity contribution in [2.45, 2.75) is 58.9 Å². The van der Waals surface area contributed by atoms with E-state index in [1.807, 2.05) is 68.3 Å². The van der Waals surface area contributed by atoms with Gasteiger partial charge in [-0.25, -0.2) is 24.5 Å². The van der Waals surface area contributed by atoms with Crippen LogP contribution in [0.25, 0.3) is 11.3 Å². The number of morpholine rings is 2. The van der Waals surface area contributed by atoms with Gasteiger partial charge in [-0.3, -0.25) is 0 Å². The van der Waals surface area contributed by atoms with Crippen LogP contribution in [-0.4, -0.2) is 119 Å². The molecule has 10 heterocycles. The monoisotopic (exact) mass is 808 g/mol. The Kier molecular flexibility index (Phi) is 14.7. The van der Waals surface area contributed by atoms with Crippen LogP contribution in [0.3, 0.4) is 0 Å². The Balaban J connectivity index is 0.000000185. The Morgan fingerprint density at radius 1 is 0.712 bits per heavy atom. The van der Waals surface area contributed by atoms with E-state index in [-0.39, 0.29) is 2.85 Å². The molecule has 0 spiro atoms. The van der Waals surface area contributed by atoms with Crippen molar-refractivity contribution in [2.75, 3.05) is 109 Å². The van der Waals surface area contributed by atoms with Crippen LogP contribution in [0.5, 0.6) is 0 Å². The van der Waals surface area contributed by atoms with Gasteiger partial charge in [-0.15, -0.1) is 0 Å². The van der Waals surface area contributed by atoms with Gasteiger partial charge in [0.25, 0.3) is 0 Å². The molecule has 4 aliphatic heterocycles. The van der Waals surface area contributed by atoms with Gasteiger partial charge < -0.3 is 44.5 Å². The molecule has 0 aromatic carbocycles. The van der Waals surface area contributed by atoms with Crippen molar-refractivity contribution >= 4 is 45.7 Å². The van der Waals surface area contributed by atoms with E-state index in [1.54, 1.807) is 6.20 Å². The Morgan fingerprint density at radius 2 is 1.41 bits per heavy atom. The molecule has 0 amide bonds. The molecule has 4 fully saturated rings. The number of nitrogens with zero attached hydrogens (tertiary/aromatic N) is 11. The highest BCUT2D eigenvalue weighted by Crippen LogP contribution is 2.25. The predicted octanol–water partition coefficient (Wildman–Crippen LogP) is 6.69. The lowest BCUT2D eigenvalue weighted by atomic mass is 10.1. The number of nitrogens with two attached hydrogens (primary N) is 1. The maximum absolute atomic E-state index is 5.60. The number of piperidine rings is 2.